The van der Waals surface area contributed by atoms with Gasteiger partial charge in [0.25, 0.3) is 0 Å². The van der Waals surface area contributed by atoms with Gasteiger partial charge in [0, 0.05) is 17.3 Å². The van der Waals surface area contributed by atoms with Crippen LogP contribution >= 0.6 is 0 Å². The summed E-state index contributed by atoms with van der Waals surface area (Å²) in [5.41, 5.74) is 2.96. The highest BCUT2D eigenvalue weighted by molar-refractivity contribution is 5.21. The van der Waals surface area contributed by atoms with E-state index in [1.807, 2.05) is 12.3 Å². The highest BCUT2D eigenvalue weighted by atomic mass is 14.9. The zero-order chi connectivity index (χ0) is 13.7. The van der Waals surface area contributed by atoms with Gasteiger partial charge in [0.05, 0.1) is 0 Å². The van der Waals surface area contributed by atoms with Crippen LogP contribution in [0.2, 0.25) is 0 Å². The minimum Gasteiger partial charge on any atom is -0.317 e. The van der Waals surface area contributed by atoms with Crippen molar-refractivity contribution in [3.05, 3.63) is 66.0 Å². The molecule has 0 unspecified atom stereocenters. The minimum atomic E-state index is 0.252. The highest BCUT2D eigenvalue weighted by Crippen LogP contribution is 2.36. The third-order valence-electron chi connectivity index (χ3n) is 4.50. The van der Waals surface area contributed by atoms with E-state index in [0.29, 0.717) is 0 Å². The summed E-state index contributed by atoms with van der Waals surface area (Å²) in [5, 5.41) is 3.48. The highest BCUT2D eigenvalue weighted by Gasteiger charge is 2.34. The molecule has 20 heavy (non-hydrogen) atoms. The van der Waals surface area contributed by atoms with Gasteiger partial charge < -0.3 is 5.32 Å². The molecule has 1 aliphatic heterocycles. The summed E-state index contributed by atoms with van der Waals surface area (Å²) in [7, 11) is 0. The van der Waals surface area contributed by atoms with E-state index in [4.69, 9.17) is 0 Å². The summed E-state index contributed by atoms with van der Waals surface area (Å²) in [4.78, 5) is 4.66. The van der Waals surface area contributed by atoms with Gasteiger partial charge in [0.2, 0.25) is 0 Å². The molecule has 1 saturated heterocycles. The first-order chi connectivity index (χ1) is 9.89. The van der Waals surface area contributed by atoms with Gasteiger partial charge in [-0.15, -0.1) is 0 Å². The molecule has 0 saturated carbocycles. The van der Waals surface area contributed by atoms with Crippen molar-refractivity contribution >= 4 is 0 Å². The summed E-state index contributed by atoms with van der Waals surface area (Å²) < 4.78 is 0. The third kappa shape index (κ3) is 2.91. The monoisotopic (exact) mass is 266 g/mol. The molecule has 1 aliphatic rings. The van der Waals surface area contributed by atoms with E-state index in [1.165, 1.54) is 30.5 Å². The van der Waals surface area contributed by atoms with Gasteiger partial charge in [-0.25, -0.2) is 0 Å². The molecule has 104 valence electrons. The number of piperidine rings is 1. The second-order valence-electron chi connectivity index (χ2n) is 5.73. The van der Waals surface area contributed by atoms with Crippen molar-refractivity contribution in [1.82, 2.24) is 10.3 Å². The molecule has 3 rings (SSSR count). The Morgan fingerprint density at radius 3 is 2.40 bits per heavy atom. The average Bonchev–Trinajstić information content (AvgIpc) is 2.56. The Bertz CT molecular complexity index is 516. The molecular weight excluding hydrogens is 244 g/mol. The van der Waals surface area contributed by atoms with Crippen molar-refractivity contribution in [1.29, 1.82) is 0 Å². The predicted octanol–water partition coefficient (Wildman–Crippen LogP) is 3.34. The fourth-order valence-corrected chi connectivity index (χ4v) is 3.24. The largest absolute Gasteiger partial charge is 0.317 e. The van der Waals surface area contributed by atoms with Gasteiger partial charge in [-0.1, -0.05) is 36.4 Å². The van der Waals surface area contributed by atoms with Crippen LogP contribution in [0.1, 0.15) is 30.5 Å². The zero-order valence-electron chi connectivity index (χ0n) is 11.9. The third-order valence-corrected chi connectivity index (χ3v) is 4.50. The lowest BCUT2D eigenvalue weighted by Gasteiger charge is -2.37. The summed E-state index contributed by atoms with van der Waals surface area (Å²) in [6.45, 7) is 2.21. The van der Waals surface area contributed by atoms with Crippen LogP contribution in [0, 0.1) is 0 Å². The number of aryl methyl sites for hydroxylation is 1. The van der Waals surface area contributed by atoms with Crippen molar-refractivity contribution < 1.29 is 0 Å². The average molecular weight is 266 g/mol. The van der Waals surface area contributed by atoms with Gasteiger partial charge in [-0.05, 0) is 56.5 Å². The molecule has 0 radical (unpaired) electrons. The summed E-state index contributed by atoms with van der Waals surface area (Å²) in [6.07, 6.45) is 6.64. The topological polar surface area (TPSA) is 24.9 Å². The number of nitrogens with zero attached hydrogens (tertiary/aromatic N) is 1. The molecule has 0 atom stereocenters. The number of aromatic nitrogens is 1. The second-order valence-corrected chi connectivity index (χ2v) is 5.73. The van der Waals surface area contributed by atoms with Crippen molar-refractivity contribution in [2.24, 2.45) is 0 Å². The summed E-state index contributed by atoms with van der Waals surface area (Å²) in [6, 6.07) is 17.1. The van der Waals surface area contributed by atoms with Crippen LogP contribution in [0.25, 0.3) is 0 Å². The van der Waals surface area contributed by atoms with Crippen LogP contribution in [-0.2, 0) is 11.8 Å². The number of pyridine rings is 1. The fourth-order valence-electron chi connectivity index (χ4n) is 3.24. The molecule has 1 aromatic heterocycles. The van der Waals surface area contributed by atoms with E-state index in [2.05, 4.69) is 52.8 Å². The molecule has 1 aromatic carbocycles. The van der Waals surface area contributed by atoms with Crippen LogP contribution in [0.5, 0.6) is 0 Å². The number of nitrogens with one attached hydrogen (secondary N) is 1. The van der Waals surface area contributed by atoms with Crippen LogP contribution in [0.15, 0.2) is 54.7 Å². The molecular formula is C18H22N2. The maximum Gasteiger partial charge on any atom is 0.0466 e. The fraction of sp³-hybridized carbons (Fsp3) is 0.389. The van der Waals surface area contributed by atoms with Crippen molar-refractivity contribution in [2.45, 2.75) is 31.1 Å². The van der Waals surface area contributed by atoms with Crippen LogP contribution < -0.4 is 5.32 Å². The summed E-state index contributed by atoms with van der Waals surface area (Å²) >= 11 is 0. The van der Waals surface area contributed by atoms with Crippen LogP contribution in [0.4, 0.5) is 0 Å². The summed E-state index contributed by atoms with van der Waals surface area (Å²) in [5.74, 6) is 0. The Morgan fingerprint density at radius 2 is 1.70 bits per heavy atom. The normalized spacial score (nSPS) is 17.8. The van der Waals surface area contributed by atoms with Gasteiger partial charge in [-0.3, -0.25) is 4.98 Å². The van der Waals surface area contributed by atoms with E-state index in [-0.39, 0.29) is 5.41 Å². The van der Waals surface area contributed by atoms with E-state index < -0.39 is 0 Å². The molecule has 0 spiro atoms. The molecule has 2 heteroatoms. The van der Waals surface area contributed by atoms with E-state index in [0.717, 1.165) is 19.5 Å². The maximum atomic E-state index is 4.66. The number of hydrogen-bond acceptors (Lipinski definition) is 2. The Morgan fingerprint density at radius 1 is 0.950 bits per heavy atom. The number of hydrogen-bond donors (Lipinski definition) is 1. The lowest BCUT2D eigenvalue weighted by atomic mass is 9.72. The van der Waals surface area contributed by atoms with Crippen molar-refractivity contribution in [3.8, 4) is 0 Å². The number of rotatable bonds is 4. The smallest absolute Gasteiger partial charge is 0.0466 e. The second kappa shape index (κ2) is 6.19. The standard InChI is InChI=1S/C18H22N2/c1-2-6-16(7-3-1)9-10-18(11-14-19-15-12-18)17-8-4-5-13-20-17/h1-8,13,19H,9-12,14-15H2. The lowest BCUT2D eigenvalue weighted by Crippen LogP contribution is -2.40. The van der Waals surface area contributed by atoms with Gasteiger partial charge >= 0.3 is 0 Å². The lowest BCUT2D eigenvalue weighted by molar-refractivity contribution is 0.280. The number of benzene rings is 1. The Labute approximate surface area is 121 Å². The Hall–Kier alpha value is -1.67. The molecule has 1 fully saturated rings. The first kappa shape index (κ1) is 13.3. The molecule has 0 amide bonds. The maximum absolute atomic E-state index is 4.66. The predicted molar refractivity (Wildman–Crippen MR) is 82.8 cm³/mol. The van der Waals surface area contributed by atoms with Gasteiger partial charge in [-0.2, -0.15) is 0 Å². The zero-order valence-corrected chi connectivity index (χ0v) is 11.9. The Balaban J connectivity index is 1.80. The van der Waals surface area contributed by atoms with Gasteiger partial charge in [0.15, 0.2) is 0 Å². The van der Waals surface area contributed by atoms with E-state index in [9.17, 15) is 0 Å². The molecule has 0 aliphatic carbocycles. The minimum absolute atomic E-state index is 0.252. The van der Waals surface area contributed by atoms with Gasteiger partial charge in [0.1, 0.15) is 0 Å². The molecule has 2 aromatic rings. The molecule has 2 heterocycles. The van der Waals surface area contributed by atoms with E-state index >= 15 is 0 Å². The Kier molecular flexibility index (Phi) is 4.12. The van der Waals surface area contributed by atoms with Crippen LogP contribution in [-0.4, -0.2) is 18.1 Å². The first-order valence-electron chi connectivity index (χ1n) is 7.55. The SMILES string of the molecule is c1ccc(CCC2(c3ccccn3)CCNCC2)cc1. The molecule has 1 N–H and O–H groups in total. The molecule has 0 bridgehead atoms. The van der Waals surface area contributed by atoms with Crippen molar-refractivity contribution in [2.75, 3.05) is 13.1 Å². The van der Waals surface area contributed by atoms with Crippen molar-refractivity contribution in [3.63, 3.8) is 0 Å². The quantitative estimate of drug-likeness (QED) is 0.918. The van der Waals surface area contributed by atoms with E-state index in [1.54, 1.807) is 0 Å². The van der Waals surface area contributed by atoms with Crippen LogP contribution in [0.3, 0.4) is 0 Å². The first-order valence-corrected chi connectivity index (χ1v) is 7.55. The molecule has 2 nitrogen and oxygen atoms in total.